The lowest BCUT2D eigenvalue weighted by Crippen LogP contribution is -2.35. The zero-order valence-corrected chi connectivity index (χ0v) is 15.8. The third kappa shape index (κ3) is 3.17. The van der Waals surface area contributed by atoms with Crippen LogP contribution in [-0.4, -0.2) is 4.92 Å². The SMILES string of the molecule is O=[N+]([O-])c1ccc([C@@H]2N[C@@H](c3ccc(F)cc3)c3c(ccc4ccccc34)O2)cc1. The third-order valence-corrected chi connectivity index (χ3v) is 5.39. The molecule has 4 aromatic carbocycles. The predicted molar refractivity (Wildman–Crippen MR) is 112 cm³/mol. The van der Waals surface area contributed by atoms with Crippen molar-refractivity contribution < 1.29 is 14.1 Å². The summed E-state index contributed by atoms with van der Waals surface area (Å²) in [6, 6.07) is 24.5. The van der Waals surface area contributed by atoms with E-state index in [1.165, 1.54) is 24.3 Å². The van der Waals surface area contributed by atoms with Crippen molar-refractivity contribution in [1.82, 2.24) is 5.32 Å². The summed E-state index contributed by atoms with van der Waals surface area (Å²) in [4.78, 5) is 10.5. The Bertz CT molecular complexity index is 1240. The van der Waals surface area contributed by atoms with Gasteiger partial charge < -0.3 is 4.74 Å². The van der Waals surface area contributed by atoms with Gasteiger partial charge in [-0.2, -0.15) is 0 Å². The summed E-state index contributed by atoms with van der Waals surface area (Å²) in [5.74, 6) is 0.431. The van der Waals surface area contributed by atoms with Crippen molar-refractivity contribution >= 4 is 16.5 Å². The molecule has 0 bridgehead atoms. The fraction of sp³-hybridized carbons (Fsp3) is 0.0833. The van der Waals surface area contributed by atoms with E-state index in [0.29, 0.717) is 0 Å². The van der Waals surface area contributed by atoms with Crippen LogP contribution in [0.25, 0.3) is 10.8 Å². The number of rotatable bonds is 3. The predicted octanol–water partition coefficient (Wildman–Crippen LogP) is 5.66. The van der Waals surface area contributed by atoms with Gasteiger partial charge in [-0.05, 0) is 46.7 Å². The molecular weight excluding hydrogens is 383 g/mol. The fourth-order valence-electron chi connectivity index (χ4n) is 3.93. The van der Waals surface area contributed by atoms with Crippen molar-refractivity contribution in [2.75, 3.05) is 0 Å². The highest BCUT2D eigenvalue weighted by Gasteiger charge is 2.31. The van der Waals surface area contributed by atoms with E-state index in [1.54, 1.807) is 24.3 Å². The van der Waals surface area contributed by atoms with Gasteiger partial charge in [-0.25, -0.2) is 4.39 Å². The quantitative estimate of drug-likeness (QED) is 0.356. The van der Waals surface area contributed by atoms with Gasteiger partial charge in [0.25, 0.3) is 5.69 Å². The van der Waals surface area contributed by atoms with Gasteiger partial charge in [0.15, 0.2) is 6.23 Å². The minimum absolute atomic E-state index is 0.0241. The highest BCUT2D eigenvalue weighted by atomic mass is 19.1. The molecule has 5 nitrogen and oxygen atoms in total. The Balaban J connectivity index is 1.63. The first-order valence-corrected chi connectivity index (χ1v) is 9.54. The number of nitro benzene ring substituents is 1. The van der Waals surface area contributed by atoms with E-state index in [1.807, 2.05) is 36.4 Å². The molecule has 0 saturated heterocycles. The Morgan fingerprint density at radius 1 is 0.867 bits per heavy atom. The molecule has 4 aromatic rings. The topological polar surface area (TPSA) is 64.4 Å². The number of non-ortho nitro benzene ring substituents is 1. The van der Waals surface area contributed by atoms with Crippen LogP contribution in [0.5, 0.6) is 5.75 Å². The van der Waals surface area contributed by atoms with Crippen LogP contribution in [-0.2, 0) is 0 Å². The van der Waals surface area contributed by atoms with Crippen LogP contribution < -0.4 is 10.1 Å². The molecule has 1 aliphatic heterocycles. The van der Waals surface area contributed by atoms with E-state index in [4.69, 9.17) is 4.74 Å². The number of fused-ring (bicyclic) bond motifs is 3. The fourth-order valence-corrected chi connectivity index (χ4v) is 3.93. The van der Waals surface area contributed by atoms with Crippen LogP contribution in [0, 0.1) is 15.9 Å². The first-order chi connectivity index (χ1) is 14.6. The molecule has 2 atom stereocenters. The molecule has 6 heteroatoms. The lowest BCUT2D eigenvalue weighted by Gasteiger charge is -2.35. The summed E-state index contributed by atoms with van der Waals surface area (Å²) in [5, 5.41) is 16.6. The van der Waals surface area contributed by atoms with Crippen molar-refractivity contribution in [2.24, 2.45) is 0 Å². The highest BCUT2D eigenvalue weighted by Crippen LogP contribution is 2.42. The minimum Gasteiger partial charge on any atom is -0.471 e. The van der Waals surface area contributed by atoms with E-state index in [2.05, 4.69) is 5.32 Å². The number of ether oxygens (including phenoxy) is 1. The molecule has 30 heavy (non-hydrogen) atoms. The number of benzene rings is 4. The van der Waals surface area contributed by atoms with Crippen molar-refractivity contribution in [1.29, 1.82) is 0 Å². The van der Waals surface area contributed by atoms with Gasteiger partial charge in [0, 0.05) is 23.3 Å². The number of halogens is 1. The normalized spacial score (nSPS) is 17.9. The number of nitrogens with zero attached hydrogens (tertiary/aromatic N) is 1. The smallest absolute Gasteiger partial charge is 0.269 e. The second-order valence-electron chi connectivity index (χ2n) is 7.20. The van der Waals surface area contributed by atoms with Crippen molar-refractivity contribution in [3.8, 4) is 5.75 Å². The van der Waals surface area contributed by atoms with E-state index >= 15 is 0 Å². The van der Waals surface area contributed by atoms with Gasteiger partial charge in [-0.15, -0.1) is 0 Å². The van der Waals surface area contributed by atoms with E-state index in [9.17, 15) is 14.5 Å². The van der Waals surface area contributed by atoms with Gasteiger partial charge in [0.2, 0.25) is 0 Å². The number of hydrogen-bond acceptors (Lipinski definition) is 4. The average molecular weight is 400 g/mol. The average Bonchev–Trinajstić information content (AvgIpc) is 2.78. The van der Waals surface area contributed by atoms with Crippen LogP contribution in [0.4, 0.5) is 10.1 Å². The molecule has 0 aliphatic carbocycles. The Morgan fingerprint density at radius 3 is 2.30 bits per heavy atom. The zero-order chi connectivity index (χ0) is 20.7. The lowest BCUT2D eigenvalue weighted by atomic mass is 9.91. The molecule has 1 heterocycles. The van der Waals surface area contributed by atoms with Gasteiger partial charge in [-0.3, -0.25) is 15.4 Å². The summed E-state index contributed by atoms with van der Waals surface area (Å²) < 4.78 is 19.8. The number of nitrogens with one attached hydrogen (secondary N) is 1. The second kappa shape index (κ2) is 7.24. The standard InChI is InChI=1S/C24H17FN2O3/c25-18-10-5-16(6-11-18)23-22-20-4-2-1-3-15(20)9-14-21(22)30-24(26-23)17-7-12-19(13-8-17)27(28)29/h1-14,23-24,26H/t23-,24+/m0/s1. The zero-order valence-electron chi connectivity index (χ0n) is 15.8. The summed E-state index contributed by atoms with van der Waals surface area (Å²) >= 11 is 0. The van der Waals surface area contributed by atoms with Crippen LogP contribution in [0.15, 0.2) is 84.9 Å². The first-order valence-electron chi connectivity index (χ1n) is 9.54. The molecular formula is C24H17FN2O3. The second-order valence-corrected chi connectivity index (χ2v) is 7.20. The monoisotopic (exact) mass is 400 g/mol. The van der Waals surface area contributed by atoms with E-state index in [-0.39, 0.29) is 17.5 Å². The summed E-state index contributed by atoms with van der Waals surface area (Å²) in [6.07, 6.45) is -0.505. The maximum Gasteiger partial charge on any atom is 0.269 e. The largest absolute Gasteiger partial charge is 0.471 e. The Hall–Kier alpha value is -3.77. The summed E-state index contributed by atoms with van der Waals surface area (Å²) in [6.45, 7) is 0. The van der Waals surface area contributed by atoms with E-state index < -0.39 is 11.2 Å². The Kier molecular flexibility index (Phi) is 4.41. The molecule has 0 unspecified atom stereocenters. The molecule has 0 spiro atoms. The van der Waals surface area contributed by atoms with Gasteiger partial charge in [0.05, 0.1) is 11.0 Å². The maximum atomic E-state index is 13.5. The maximum absolute atomic E-state index is 13.5. The van der Waals surface area contributed by atoms with Crippen LogP contribution in [0.1, 0.15) is 29.0 Å². The molecule has 0 saturated carbocycles. The van der Waals surface area contributed by atoms with Gasteiger partial charge >= 0.3 is 0 Å². The summed E-state index contributed by atoms with van der Waals surface area (Å²) in [7, 11) is 0. The van der Waals surface area contributed by atoms with Crippen molar-refractivity contribution in [2.45, 2.75) is 12.3 Å². The first kappa shape index (κ1) is 18.3. The van der Waals surface area contributed by atoms with Gasteiger partial charge in [-0.1, -0.05) is 42.5 Å². The van der Waals surface area contributed by atoms with Crippen LogP contribution in [0.3, 0.4) is 0 Å². The van der Waals surface area contributed by atoms with Crippen molar-refractivity contribution in [3.63, 3.8) is 0 Å². The van der Waals surface area contributed by atoms with Crippen LogP contribution >= 0.6 is 0 Å². The molecule has 0 amide bonds. The van der Waals surface area contributed by atoms with Crippen molar-refractivity contribution in [3.05, 3.63) is 118 Å². The third-order valence-electron chi connectivity index (χ3n) is 5.39. The number of nitro groups is 1. The molecule has 1 aliphatic rings. The molecule has 0 aromatic heterocycles. The molecule has 148 valence electrons. The Morgan fingerprint density at radius 2 is 1.57 bits per heavy atom. The lowest BCUT2D eigenvalue weighted by molar-refractivity contribution is -0.384. The molecule has 5 rings (SSSR count). The minimum atomic E-state index is -0.505. The van der Waals surface area contributed by atoms with E-state index in [0.717, 1.165) is 33.2 Å². The van der Waals surface area contributed by atoms with Crippen LogP contribution in [0.2, 0.25) is 0 Å². The summed E-state index contributed by atoms with van der Waals surface area (Å²) in [5.41, 5.74) is 2.68. The molecule has 1 N–H and O–H groups in total. The Labute approximate surface area is 171 Å². The molecule has 0 fully saturated rings. The molecule has 0 radical (unpaired) electrons. The highest BCUT2D eigenvalue weighted by molar-refractivity contribution is 5.89. The van der Waals surface area contributed by atoms with Gasteiger partial charge in [0.1, 0.15) is 11.6 Å². The number of hydrogen-bond donors (Lipinski definition) is 1.